The molecule has 1 atom stereocenters. The topological polar surface area (TPSA) is 51.5 Å². The fraction of sp³-hybridized carbons (Fsp3) is 0.200. The van der Waals surface area contributed by atoms with Crippen LogP contribution in [-0.4, -0.2) is 35.1 Å². The van der Waals surface area contributed by atoms with Crippen molar-refractivity contribution in [1.29, 1.82) is 0 Å². The summed E-state index contributed by atoms with van der Waals surface area (Å²) < 4.78 is 7.85. The van der Waals surface area contributed by atoms with Crippen LogP contribution in [0.15, 0.2) is 77.6 Å². The molecule has 1 aliphatic rings. The second-order valence-electron chi connectivity index (χ2n) is 7.70. The number of hydrogen-bond acceptors (Lipinski definition) is 3. The van der Waals surface area contributed by atoms with Crippen molar-refractivity contribution in [2.24, 2.45) is 0 Å². The van der Waals surface area contributed by atoms with Gasteiger partial charge >= 0.3 is 0 Å². The van der Waals surface area contributed by atoms with Gasteiger partial charge in [0.1, 0.15) is 12.6 Å². The van der Waals surface area contributed by atoms with Crippen LogP contribution in [0.25, 0.3) is 21.8 Å². The molecule has 0 radical (unpaired) electrons. The quantitative estimate of drug-likeness (QED) is 0.451. The van der Waals surface area contributed by atoms with Crippen LogP contribution in [0.2, 0.25) is 5.02 Å². The van der Waals surface area contributed by atoms with Crippen molar-refractivity contribution in [1.82, 2.24) is 9.47 Å². The lowest BCUT2D eigenvalue weighted by molar-refractivity contribution is -0.139. The first-order chi connectivity index (χ1) is 15.1. The van der Waals surface area contributed by atoms with E-state index in [-0.39, 0.29) is 24.0 Å². The Morgan fingerprint density at radius 2 is 1.55 bits per heavy atom. The normalized spacial score (nSPS) is 16.7. The van der Waals surface area contributed by atoms with Gasteiger partial charge in [-0.15, -0.1) is 0 Å². The Balaban J connectivity index is 1.48. The molecule has 1 aromatic heterocycles. The molecular weight excluding hydrogens is 412 g/mol. The lowest BCUT2D eigenvalue weighted by Crippen LogP contribution is -2.43. The van der Waals surface area contributed by atoms with Gasteiger partial charge in [0.05, 0.1) is 24.2 Å². The molecule has 2 heterocycles. The number of nitrogens with zero attached hydrogens (tertiary/aromatic N) is 2. The second kappa shape index (κ2) is 8.17. The van der Waals surface area contributed by atoms with E-state index in [0.29, 0.717) is 35.5 Å². The summed E-state index contributed by atoms with van der Waals surface area (Å²) >= 11 is 6.00. The predicted molar refractivity (Wildman–Crippen MR) is 122 cm³/mol. The number of amides is 1. The molecule has 31 heavy (non-hydrogen) atoms. The molecule has 1 saturated heterocycles. The van der Waals surface area contributed by atoms with E-state index in [1.54, 1.807) is 0 Å². The molecule has 0 aliphatic carbocycles. The Morgan fingerprint density at radius 3 is 2.19 bits per heavy atom. The minimum absolute atomic E-state index is 0.00113. The number of hydrogen-bond donors (Lipinski definition) is 0. The predicted octanol–water partition coefficient (Wildman–Crippen LogP) is 4.41. The van der Waals surface area contributed by atoms with Crippen LogP contribution in [0.5, 0.6) is 0 Å². The van der Waals surface area contributed by atoms with Crippen LogP contribution in [0.1, 0.15) is 11.7 Å². The highest BCUT2D eigenvalue weighted by molar-refractivity contribution is 6.30. The second-order valence-corrected chi connectivity index (χ2v) is 8.14. The summed E-state index contributed by atoms with van der Waals surface area (Å²) in [6.07, 6.45) is -0.183. The summed E-state index contributed by atoms with van der Waals surface area (Å²) in [6.45, 7) is 1.66. The minimum atomic E-state index is -0.183. The van der Waals surface area contributed by atoms with Gasteiger partial charge in [-0.25, -0.2) is 0 Å². The van der Waals surface area contributed by atoms with Gasteiger partial charge in [-0.1, -0.05) is 48.0 Å². The molecule has 5 rings (SSSR count). The van der Waals surface area contributed by atoms with Crippen molar-refractivity contribution in [3.63, 3.8) is 0 Å². The Morgan fingerprint density at radius 1 is 0.935 bits per heavy atom. The van der Waals surface area contributed by atoms with Crippen molar-refractivity contribution in [2.45, 2.75) is 12.6 Å². The van der Waals surface area contributed by atoms with Gasteiger partial charge in [-0.05, 0) is 42.0 Å². The van der Waals surface area contributed by atoms with E-state index in [4.69, 9.17) is 16.3 Å². The summed E-state index contributed by atoms with van der Waals surface area (Å²) in [5.74, 6) is 0.00113. The molecule has 0 N–H and O–H groups in total. The molecule has 1 unspecified atom stereocenters. The lowest BCUT2D eigenvalue weighted by Gasteiger charge is -2.33. The van der Waals surface area contributed by atoms with Gasteiger partial charge in [0.25, 0.3) is 0 Å². The highest BCUT2D eigenvalue weighted by atomic mass is 35.5. The van der Waals surface area contributed by atoms with E-state index < -0.39 is 0 Å². The molecule has 6 heteroatoms. The number of halogens is 1. The number of benzene rings is 3. The summed E-state index contributed by atoms with van der Waals surface area (Å²) in [4.78, 5) is 28.1. The molecule has 1 fully saturated rings. The van der Waals surface area contributed by atoms with Crippen LogP contribution in [0.3, 0.4) is 0 Å². The van der Waals surface area contributed by atoms with Crippen LogP contribution < -0.4 is 5.43 Å². The number of fused-ring (bicyclic) bond motifs is 2. The van der Waals surface area contributed by atoms with Crippen LogP contribution in [0, 0.1) is 0 Å². The summed E-state index contributed by atoms with van der Waals surface area (Å²) in [5, 5.41) is 1.91. The summed E-state index contributed by atoms with van der Waals surface area (Å²) in [5.41, 5.74) is 2.52. The molecule has 0 spiro atoms. The standard InChI is InChI=1S/C25H21ClN2O3/c26-18-11-9-17(10-12-18)23-15-27(13-14-31-23)24(29)16-28-21-7-3-1-5-19(21)25(30)20-6-2-4-8-22(20)28/h1-12,23H,13-16H2. The van der Waals surface area contributed by atoms with Crippen molar-refractivity contribution in [3.05, 3.63) is 93.6 Å². The first kappa shape index (κ1) is 19.8. The van der Waals surface area contributed by atoms with Crippen molar-refractivity contribution >= 4 is 39.3 Å². The number of carbonyl (C=O) groups is 1. The van der Waals surface area contributed by atoms with Crippen LogP contribution in [0.4, 0.5) is 0 Å². The molecular formula is C25H21ClN2O3. The maximum atomic E-state index is 13.3. The molecule has 0 bridgehead atoms. The van der Waals surface area contributed by atoms with E-state index in [9.17, 15) is 9.59 Å². The largest absolute Gasteiger partial charge is 0.370 e. The third kappa shape index (κ3) is 3.71. The fourth-order valence-electron chi connectivity index (χ4n) is 4.24. The third-order valence-corrected chi connectivity index (χ3v) is 6.09. The maximum Gasteiger partial charge on any atom is 0.242 e. The highest BCUT2D eigenvalue weighted by Gasteiger charge is 2.26. The number of pyridine rings is 1. The average Bonchev–Trinajstić information content (AvgIpc) is 2.82. The number of morpholine rings is 1. The Kier molecular flexibility index (Phi) is 5.22. The van der Waals surface area contributed by atoms with Crippen LogP contribution in [-0.2, 0) is 16.1 Å². The number of rotatable bonds is 3. The molecule has 156 valence electrons. The number of para-hydroxylation sites is 2. The third-order valence-electron chi connectivity index (χ3n) is 5.83. The molecule has 5 nitrogen and oxygen atoms in total. The zero-order valence-corrected chi connectivity index (χ0v) is 17.6. The SMILES string of the molecule is O=C(Cn1c2ccccc2c(=O)c2ccccc21)N1CCOC(c2ccc(Cl)cc2)C1. The highest BCUT2D eigenvalue weighted by Crippen LogP contribution is 2.25. The van der Waals surface area contributed by atoms with Gasteiger partial charge in [0.2, 0.25) is 5.91 Å². The molecule has 3 aromatic carbocycles. The minimum Gasteiger partial charge on any atom is -0.370 e. The monoisotopic (exact) mass is 432 g/mol. The fourth-order valence-corrected chi connectivity index (χ4v) is 4.36. The van der Waals surface area contributed by atoms with Gasteiger partial charge < -0.3 is 14.2 Å². The van der Waals surface area contributed by atoms with E-state index in [1.807, 2.05) is 82.3 Å². The zero-order valence-electron chi connectivity index (χ0n) is 16.8. The number of ether oxygens (including phenoxy) is 1. The molecule has 1 amide bonds. The summed E-state index contributed by atoms with van der Waals surface area (Å²) in [6, 6.07) is 22.4. The Bertz CT molecular complexity index is 1270. The van der Waals surface area contributed by atoms with E-state index in [2.05, 4.69) is 0 Å². The number of aromatic nitrogens is 1. The van der Waals surface area contributed by atoms with Crippen molar-refractivity contribution in [3.8, 4) is 0 Å². The summed E-state index contributed by atoms with van der Waals surface area (Å²) in [7, 11) is 0. The van der Waals surface area contributed by atoms with Crippen molar-refractivity contribution < 1.29 is 9.53 Å². The molecule has 4 aromatic rings. The van der Waals surface area contributed by atoms with Gasteiger partial charge in [-0.2, -0.15) is 0 Å². The van der Waals surface area contributed by atoms with Crippen molar-refractivity contribution in [2.75, 3.05) is 19.7 Å². The number of carbonyl (C=O) groups excluding carboxylic acids is 1. The average molecular weight is 433 g/mol. The van der Waals surface area contributed by atoms with E-state index in [1.165, 1.54) is 0 Å². The van der Waals surface area contributed by atoms with Gasteiger partial charge in [0, 0.05) is 22.3 Å². The van der Waals surface area contributed by atoms with E-state index in [0.717, 1.165) is 16.6 Å². The van der Waals surface area contributed by atoms with Gasteiger partial charge in [0.15, 0.2) is 5.43 Å². The molecule has 0 saturated carbocycles. The first-order valence-corrected chi connectivity index (χ1v) is 10.6. The lowest BCUT2D eigenvalue weighted by atomic mass is 10.1. The maximum absolute atomic E-state index is 13.3. The Labute approximate surface area is 184 Å². The van der Waals surface area contributed by atoms with Gasteiger partial charge in [-0.3, -0.25) is 9.59 Å². The molecule has 1 aliphatic heterocycles. The van der Waals surface area contributed by atoms with Crippen LogP contribution >= 0.6 is 11.6 Å². The zero-order chi connectivity index (χ0) is 21.4. The Hall–Kier alpha value is -3.15. The van der Waals surface area contributed by atoms with E-state index >= 15 is 0 Å². The smallest absolute Gasteiger partial charge is 0.242 e. The first-order valence-electron chi connectivity index (χ1n) is 10.3.